The third-order valence-corrected chi connectivity index (χ3v) is 3.58. The lowest BCUT2D eigenvalue weighted by molar-refractivity contribution is -0.120. The van der Waals surface area contributed by atoms with Gasteiger partial charge in [-0.3, -0.25) is 4.79 Å². The standard InChI is InChI=1S/C18H22N2O3/c1-22-16-4-3-5-17(23-2)15(16)12-18(21)20-11-10-13-6-8-14(19)9-7-13/h3-9H,10-12,19H2,1-2H3,(H,20,21). The second-order valence-corrected chi connectivity index (χ2v) is 5.16. The number of carbonyl (C=O) groups is 1. The lowest BCUT2D eigenvalue weighted by atomic mass is 10.1. The van der Waals surface area contributed by atoms with Crippen LogP contribution in [0.2, 0.25) is 0 Å². The average molecular weight is 314 g/mol. The van der Waals surface area contributed by atoms with E-state index in [9.17, 15) is 4.79 Å². The van der Waals surface area contributed by atoms with Gasteiger partial charge in [-0.05, 0) is 36.2 Å². The van der Waals surface area contributed by atoms with Crippen LogP contribution in [0, 0.1) is 0 Å². The van der Waals surface area contributed by atoms with Crippen LogP contribution in [0.15, 0.2) is 42.5 Å². The van der Waals surface area contributed by atoms with Gasteiger partial charge in [0.1, 0.15) is 11.5 Å². The Labute approximate surface area is 136 Å². The molecule has 0 aliphatic carbocycles. The molecule has 1 amide bonds. The fourth-order valence-electron chi connectivity index (χ4n) is 2.36. The number of rotatable bonds is 7. The Bertz CT molecular complexity index is 632. The molecule has 2 aromatic carbocycles. The second kappa shape index (κ2) is 8.08. The number of amides is 1. The van der Waals surface area contributed by atoms with Crippen molar-refractivity contribution in [3.63, 3.8) is 0 Å². The summed E-state index contributed by atoms with van der Waals surface area (Å²) in [7, 11) is 3.16. The molecule has 0 heterocycles. The zero-order chi connectivity index (χ0) is 16.7. The highest BCUT2D eigenvalue weighted by Crippen LogP contribution is 2.28. The molecule has 5 heteroatoms. The van der Waals surface area contributed by atoms with E-state index in [0.717, 1.165) is 23.2 Å². The molecule has 0 atom stereocenters. The van der Waals surface area contributed by atoms with Crippen molar-refractivity contribution in [2.45, 2.75) is 12.8 Å². The summed E-state index contributed by atoms with van der Waals surface area (Å²) >= 11 is 0. The number of nitrogens with two attached hydrogens (primary N) is 1. The molecule has 0 aliphatic heterocycles. The maximum absolute atomic E-state index is 12.2. The van der Waals surface area contributed by atoms with E-state index in [0.29, 0.717) is 18.0 Å². The van der Waals surface area contributed by atoms with Crippen molar-refractivity contribution in [2.24, 2.45) is 0 Å². The summed E-state index contributed by atoms with van der Waals surface area (Å²) in [6, 6.07) is 13.1. The van der Waals surface area contributed by atoms with Gasteiger partial charge >= 0.3 is 0 Å². The van der Waals surface area contributed by atoms with E-state index in [-0.39, 0.29) is 12.3 Å². The lowest BCUT2D eigenvalue weighted by Gasteiger charge is -2.13. The Balaban J connectivity index is 1.91. The predicted molar refractivity (Wildman–Crippen MR) is 90.8 cm³/mol. The average Bonchev–Trinajstić information content (AvgIpc) is 2.57. The predicted octanol–water partition coefficient (Wildman–Crippen LogP) is 2.19. The van der Waals surface area contributed by atoms with Crippen LogP contribution in [0.5, 0.6) is 11.5 Å². The van der Waals surface area contributed by atoms with Crippen LogP contribution in [0.1, 0.15) is 11.1 Å². The number of hydrogen-bond donors (Lipinski definition) is 2. The van der Waals surface area contributed by atoms with Crippen molar-refractivity contribution in [3.05, 3.63) is 53.6 Å². The summed E-state index contributed by atoms with van der Waals surface area (Å²) in [4.78, 5) is 12.2. The molecule has 0 fully saturated rings. The van der Waals surface area contributed by atoms with Crippen molar-refractivity contribution < 1.29 is 14.3 Å². The molecule has 122 valence electrons. The second-order valence-electron chi connectivity index (χ2n) is 5.16. The summed E-state index contributed by atoms with van der Waals surface area (Å²) in [5.74, 6) is 1.24. The normalized spacial score (nSPS) is 10.2. The number of methoxy groups -OCH3 is 2. The van der Waals surface area contributed by atoms with Gasteiger partial charge in [-0.2, -0.15) is 0 Å². The van der Waals surface area contributed by atoms with Crippen molar-refractivity contribution in [3.8, 4) is 11.5 Å². The molecule has 0 aliphatic rings. The fourth-order valence-corrected chi connectivity index (χ4v) is 2.36. The lowest BCUT2D eigenvalue weighted by Crippen LogP contribution is -2.27. The Morgan fingerprint density at radius 1 is 1.04 bits per heavy atom. The first kappa shape index (κ1) is 16.7. The van der Waals surface area contributed by atoms with Crippen molar-refractivity contribution in [2.75, 3.05) is 26.5 Å². The number of anilines is 1. The number of ether oxygens (including phenoxy) is 2. The fraction of sp³-hybridized carbons (Fsp3) is 0.278. The van der Waals surface area contributed by atoms with Gasteiger partial charge in [0, 0.05) is 17.8 Å². The number of hydrogen-bond acceptors (Lipinski definition) is 4. The maximum atomic E-state index is 12.2. The van der Waals surface area contributed by atoms with E-state index < -0.39 is 0 Å². The molecule has 2 rings (SSSR count). The number of benzene rings is 2. The molecular formula is C18H22N2O3. The Morgan fingerprint density at radius 3 is 2.22 bits per heavy atom. The molecule has 0 spiro atoms. The van der Waals surface area contributed by atoms with Crippen LogP contribution in [-0.4, -0.2) is 26.7 Å². The van der Waals surface area contributed by atoms with E-state index in [1.807, 2.05) is 42.5 Å². The van der Waals surface area contributed by atoms with Crippen LogP contribution >= 0.6 is 0 Å². The topological polar surface area (TPSA) is 73.6 Å². The van der Waals surface area contributed by atoms with Crippen LogP contribution in [0.25, 0.3) is 0 Å². The smallest absolute Gasteiger partial charge is 0.224 e. The van der Waals surface area contributed by atoms with Gasteiger partial charge in [0.25, 0.3) is 0 Å². The minimum Gasteiger partial charge on any atom is -0.496 e. The van der Waals surface area contributed by atoms with Gasteiger partial charge in [0.2, 0.25) is 5.91 Å². The van der Waals surface area contributed by atoms with E-state index in [2.05, 4.69) is 5.32 Å². The van der Waals surface area contributed by atoms with E-state index >= 15 is 0 Å². The highest BCUT2D eigenvalue weighted by Gasteiger charge is 2.13. The zero-order valence-electron chi connectivity index (χ0n) is 13.5. The van der Waals surface area contributed by atoms with Gasteiger partial charge < -0.3 is 20.5 Å². The number of carbonyl (C=O) groups excluding carboxylic acids is 1. The van der Waals surface area contributed by atoms with Crippen molar-refractivity contribution in [1.29, 1.82) is 0 Å². The summed E-state index contributed by atoms with van der Waals surface area (Å²) in [5.41, 5.74) is 8.27. The van der Waals surface area contributed by atoms with E-state index in [4.69, 9.17) is 15.2 Å². The first-order valence-electron chi connectivity index (χ1n) is 7.45. The van der Waals surface area contributed by atoms with Gasteiger partial charge in [0.05, 0.1) is 20.6 Å². The van der Waals surface area contributed by atoms with Gasteiger partial charge in [0.15, 0.2) is 0 Å². The first-order chi connectivity index (χ1) is 11.1. The molecule has 5 nitrogen and oxygen atoms in total. The molecule has 0 saturated carbocycles. The zero-order valence-corrected chi connectivity index (χ0v) is 13.5. The van der Waals surface area contributed by atoms with Gasteiger partial charge in [-0.1, -0.05) is 18.2 Å². The third-order valence-electron chi connectivity index (χ3n) is 3.58. The quantitative estimate of drug-likeness (QED) is 0.768. The maximum Gasteiger partial charge on any atom is 0.224 e. The molecule has 0 unspecified atom stereocenters. The molecule has 0 saturated heterocycles. The van der Waals surface area contributed by atoms with Crippen LogP contribution in [0.4, 0.5) is 5.69 Å². The molecule has 0 bridgehead atoms. The van der Waals surface area contributed by atoms with Crippen LogP contribution in [0.3, 0.4) is 0 Å². The minimum absolute atomic E-state index is 0.0664. The van der Waals surface area contributed by atoms with Crippen molar-refractivity contribution >= 4 is 11.6 Å². The third kappa shape index (κ3) is 4.64. The summed E-state index contributed by atoms with van der Waals surface area (Å²) in [6.07, 6.45) is 0.976. The first-order valence-corrected chi connectivity index (χ1v) is 7.45. The van der Waals surface area contributed by atoms with E-state index in [1.54, 1.807) is 14.2 Å². The van der Waals surface area contributed by atoms with Crippen molar-refractivity contribution in [1.82, 2.24) is 5.32 Å². The van der Waals surface area contributed by atoms with Gasteiger partial charge in [-0.15, -0.1) is 0 Å². The molecule has 0 radical (unpaired) electrons. The molecular weight excluding hydrogens is 292 g/mol. The largest absolute Gasteiger partial charge is 0.496 e. The Hall–Kier alpha value is -2.69. The highest BCUT2D eigenvalue weighted by molar-refractivity contribution is 5.80. The van der Waals surface area contributed by atoms with Crippen LogP contribution in [-0.2, 0) is 17.6 Å². The number of nitrogen functional groups attached to an aromatic ring is 1. The minimum atomic E-state index is -0.0664. The Morgan fingerprint density at radius 2 is 1.65 bits per heavy atom. The SMILES string of the molecule is COc1cccc(OC)c1CC(=O)NCCc1ccc(N)cc1. The van der Waals surface area contributed by atoms with Gasteiger partial charge in [-0.25, -0.2) is 0 Å². The molecule has 3 N–H and O–H groups in total. The van der Waals surface area contributed by atoms with Crippen LogP contribution < -0.4 is 20.5 Å². The molecule has 23 heavy (non-hydrogen) atoms. The highest BCUT2D eigenvalue weighted by atomic mass is 16.5. The Kier molecular flexibility index (Phi) is 5.86. The van der Waals surface area contributed by atoms with E-state index in [1.165, 1.54) is 0 Å². The summed E-state index contributed by atoms with van der Waals surface area (Å²) < 4.78 is 10.6. The molecule has 2 aromatic rings. The summed E-state index contributed by atoms with van der Waals surface area (Å²) in [6.45, 7) is 0.570. The monoisotopic (exact) mass is 314 g/mol. The molecule has 0 aromatic heterocycles. The summed E-state index contributed by atoms with van der Waals surface area (Å²) in [5, 5.41) is 2.92. The number of nitrogens with one attached hydrogen (secondary N) is 1.